The van der Waals surface area contributed by atoms with E-state index in [0.717, 1.165) is 13.2 Å². The van der Waals surface area contributed by atoms with Crippen LogP contribution in [0.5, 0.6) is 0 Å². The van der Waals surface area contributed by atoms with Crippen molar-refractivity contribution in [2.24, 2.45) is 0 Å². The molecule has 0 amide bonds. The van der Waals surface area contributed by atoms with E-state index in [1.165, 1.54) is 0 Å². The Morgan fingerprint density at radius 2 is 2.25 bits per heavy atom. The number of carbonyl (C=O) groups is 1. The largest absolute Gasteiger partial charge is 0.464 e. The first-order chi connectivity index (χ1) is 7.51. The molecule has 1 aromatic heterocycles. The molecule has 0 bridgehead atoms. The van der Waals surface area contributed by atoms with Crippen LogP contribution in [0.3, 0.4) is 0 Å². The zero-order chi connectivity index (χ0) is 12.3. The van der Waals surface area contributed by atoms with Gasteiger partial charge in [-0.25, -0.2) is 18.6 Å². The number of pyridine rings is 1. The van der Waals surface area contributed by atoms with Gasteiger partial charge in [0, 0.05) is 5.56 Å². The van der Waals surface area contributed by atoms with E-state index in [0.29, 0.717) is 0 Å². The van der Waals surface area contributed by atoms with Gasteiger partial charge in [0.1, 0.15) is 0 Å². The van der Waals surface area contributed by atoms with Crippen molar-refractivity contribution >= 4 is 17.6 Å². The van der Waals surface area contributed by atoms with Crippen molar-refractivity contribution < 1.29 is 22.7 Å². The smallest absolute Gasteiger partial charge is 0.357 e. The molecule has 0 aliphatic heterocycles. The van der Waals surface area contributed by atoms with Gasteiger partial charge >= 0.3 is 5.97 Å². The molecule has 0 spiro atoms. The van der Waals surface area contributed by atoms with Crippen molar-refractivity contribution in [3.05, 3.63) is 28.8 Å². The summed E-state index contributed by atoms with van der Waals surface area (Å²) in [7, 11) is 0.993. The van der Waals surface area contributed by atoms with Crippen molar-refractivity contribution in [3.63, 3.8) is 0 Å². The Morgan fingerprint density at radius 1 is 1.62 bits per heavy atom. The maximum absolute atomic E-state index is 13.1. The third-order valence-electron chi connectivity index (χ3n) is 1.84. The number of carbonyl (C=O) groups excluding carboxylic acids is 1. The van der Waals surface area contributed by atoms with Crippen molar-refractivity contribution in [1.29, 1.82) is 0 Å². The fourth-order valence-electron chi connectivity index (χ4n) is 1.07. The Balaban J connectivity index is 3.36. The number of methoxy groups -OCH3 is 1. The molecule has 16 heavy (non-hydrogen) atoms. The average Bonchev–Trinajstić information content (AvgIpc) is 2.27. The van der Waals surface area contributed by atoms with E-state index in [4.69, 9.17) is 11.6 Å². The van der Waals surface area contributed by atoms with Crippen LogP contribution in [0.4, 0.5) is 13.2 Å². The molecule has 0 unspecified atom stereocenters. The number of nitrogens with zero attached hydrogens (tertiary/aromatic N) is 1. The van der Waals surface area contributed by atoms with Gasteiger partial charge < -0.3 is 4.74 Å². The highest BCUT2D eigenvalue weighted by Crippen LogP contribution is 2.25. The van der Waals surface area contributed by atoms with E-state index in [1.807, 2.05) is 0 Å². The van der Waals surface area contributed by atoms with Gasteiger partial charge in [-0.1, -0.05) is 0 Å². The van der Waals surface area contributed by atoms with Gasteiger partial charge in [-0.2, -0.15) is 4.39 Å². The maximum atomic E-state index is 13.1. The lowest BCUT2D eigenvalue weighted by Gasteiger charge is -2.08. The fourth-order valence-corrected chi connectivity index (χ4v) is 1.26. The molecule has 0 aliphatic carbocycles. The second kappa shape index (κ2) is 5.16. The predicted octanol–water partition coefficient (Wildman–Crippen LogP) is 2.68. The molecule has 0 aliphatic rings. The lowest BCUT2D eigenvalue weighted by Crippen LogP contribution is -2.12. The molecule has 1 aromatic rings. The molecule has 88 valence electrons. The second-order valence-corrected chi connectivity index (χ2v) is 3.07. The van der Waals surface area contributed by atoms with E-state index >= 15 is 0 Å². The third-order valence-corrected chi connectivity index (χ3v) is 2.12. The van der Waals surface area contributed by atoms with E-state index in [-0.39, 0.29) is 11.4 Å². The molecule has 0 N–H and O–H groups in total. The lowest BCUT2D eigenvalue weighted by molar-refractivity contribution is 0.0579. The molecular weight excluding hydrogens is 247 g/mol. The minimum absolute atomic E-state index is 0.190. The van der Waals surface area contributed by atoms with Crippen LogP contribution in [-0.2, 0) is 10.6 Å². The normalized spacial score (nSPS) is 10.6. The zero-order valence-electron chi connectivity index (χ0n) is 8.14. The summed E-state index contributed by atoms with van der Waals surface area (Å²) in [5.41, 5.74) is -1.61. The first kappa shape index (κ1) is 12.8. The Kier molecular flexibility index (Phi) is 4.12. The predicted molar refractivity (Wildman–Crippen MR) is 50.0 cm³/mol. The number of ether oxygens (including phenoxy) is 1. The number of rotatable bonds is 3. The van der Waals surface area contributed by atoms with Gasteiger partial charge in [-0.3, -0.25) is 0 Å². The number of esters is 1. The van der Waals surface area contributed by atoms with Gasteiger partial charge in [-0.05, 0) is 6.07 Å². The lowest BCUT2D eigenvalue weighted by atomic mass is 10.1. The fraction of sp³-hybridized carbons (Fsp3) is 0.333. The molecule has 0 fully saturated rings. The SMILES string of the molecule is COC(=O)c1nc(F)c(CCl)cc1C(F)F. The Hall–Kier alpha value is -1.30. The second-order valence-electron chi connectivity index (χ2n) is 2.80. The molecule has 3 nitrogen and oxygen atoms in total. The Labute approximate surface area is 94.2 Å². The summed E-state index contributed by atoms with van der Waals surface area (Å²) in [5, 5.41) is 0. The molecule has 7 heteroatoms. The van der Waals surface area contributed by atoms with Gasteiger partial charge in [0.05, 0.1) is 18.6 Å². The van der Waals surface area contributed by atoms with Crippen molar-refractivity contribution in [2.75, 3.05) is 7.11 Å². The van der Waals surface area contributed by atoms with E-state index in [9.17, 15) is 18.0 Å². The van der Waals surface area contributed by atoms with Crippen molar-refractivity contribution in [1.82, 2.24) is 4.98 Å². The molecular formula is C9H7ClF3NO2. The maximum Gasteiger partial charge on any atom is 0.357 e. The van der Waals surface area contributed by atoms with Crippen LogP contribution in [0, 0.1) is 5.95 Å². The van der Waals surface area contributed by atoms with Gasteiger partial charge in [-0.15, -0.1) is 11.6 Å². The monoisotopic (exact) mass is 253 g/mol. The summed E-state index contributed by atoms with van der Waals surface area (Å²) in [6.45, 7) is 0. The van der Waals surface area contributed by atoms with Gasteiger partial charge in [0.2, 0.25) is 5.95 Å². The highest BCUT2D eigenvalue weighted by atomic mass is 35.5. The molecule has 1 rings (SSSR count). The summed E-state index contributed by atoms with van der Waals surface area (Å²) in [4.78, 5) is 14.2. The minimum atomic E-state index is -2.95. The van der Waals surface area contributed by atoms with Gasteiger partial charge in [0.15, 0.2) is 5.69 Å². The number of aromatic nitrogens is 1. The van der Waals surface area contributed by atoms with E-state index < -0.39 is 29.6 Å². The third kappa shape index (κ3) is 2.44. The highest BCUT2D eigenvalue weighted by Gasteiger charge is 2.23. The van der Waals surface area contributed by atoms with Crippen LogP contribution < -0.4 is 0 Å². The number of hydrogen-bond donors (Lipinski definition) is 0. The molecule has 0 aromatic carbocycles. The standard InChI is InChI=1S/C9H7ClF3NO2/c1-16-9(15)6-5(7(11)12)2-4(3-10)8(13)14-6/h2,7H,3H2,1H3. The summed E-state index contributed by atoms with van der Waals surface area (Å²) in [5.74, 6) is -2.48. The Bertz CT molecular complexity index is 412. The first-order valence-corrected chi connectivity index (χ1v) is 4.66. The first-order valence-electron chi connectivity index (χ1n) is 4.13. The van der Waals surface area contributed by atoms with Crippen molar-refractivity contribution in [2.45, 2.75) is 12.3 Å². The molecule has 0 saturated heterocycles. The van der Waals surface area contributed by atoms with Crippen LogP contribution in [0.15, 0.2) is 6.07 Å². The minimum Gasteiger partial charge on any atom is -0.464 e. The van der Waals surface area contributed by atoms with Crippen LogP contribution in [-0.4, -0.2) is 18.1 Å². The summed E-state index contributed by atoms with van der Waals surface area (Å²) < 4.78 is 42.5. The van der Waals surface area contributed by atoms with Crippen LogP contribution >= 0.6 is 11.6 Å². The molecule has 0 atom stereocenters. The van der Waals surface area contributed by atoms with Crippen LogP contribution in [0.25, 0.3) is 0 Å². The van der Waals surface area contributed by atoms with Crippen molar-refractivity contribution in [3.8, 4) is 0 Å². The quantitative estimate of drug-likeness (QED) is 0.472. The van der Waals surface area contributed by atoms with Gasteiger partial charge in [0.25, 0.3) is 6.43 Å². The topological polar surface area (TPSA) is 39.2 Å². The molecule has 0 radical (unpaired) electrons. The van der Waals surface area contributed by atoms with Crippen LogP contribution in [0.1, 0.15) is 28.0 Å². The van der Waals surface area contributed by atoms with E-state index in [1.54, 1.807) is 0 Å². The Morgan fingerprint density at radius 3 is 2.69 bits per heavy atom. The summed E-state index contributed by atoms with van der Waals surface area (Å²) in [6, 6.07) is 0.812. The number of hydrogen-bond acceptors (Lipinski definition) is 3. The summed E-state index contributed by atoms with van der Waals surface area (Å²) in [6.07, 6.45) is -2.95. The summed E-state index contributed by atoms with van der Waals surface area (Å²) >= 11 is 5.33. The highest BCUT2D eigenvalue weighted by molar-refractivity contribution is 6.17. The number of alkyl halides is 3. The average molecular weight is 254 g/mol. The van der Waals surface area contributed by atoms with Crippen LogP contribution in [0.2, 0.25) is 0 Å². The molecule has 0 saturated carbocycles. The van der Waals surface area contributed by atoms with E-state index in [2.05, 4.69) is 9.72 Å². The molecule has 1 heterocycles. The zero-order valence-corrected chi connectivity index (χ0v) is 8.89. The number of halogens is 4.